The van der Waals surface area contributed by atoms with Crippen LogP contribution in [0, 0.1) is 17.8 Å². The number of hydrogen-bond donors (Lipinski definition) is 0. The summed E-state index contributed by atoms with van der Waals surface area (Å²) in [6.45, 7) is 17.7. The van der Waals surface area contributed by atoms with E-state index in [1.54, 1.807) is 12.2 Å². The average Bonchev–Trinajstić information content (AvgIpc) is 2.66. The number of rotatable bonds is 16. The molecule has 0 fully saturated rings. The molecule has 0 bridgehead atoms. The summed E-state index contributed by atoms with van der Waals surface area (Å²) in [6.07, 6.45) is 7.75. The second-order valence-corrected chi connectivity index (χ2v) is 7.27. The highest BCUT2D eigenvalue weighted by atomic mass is 16.5. The molecule has 27 heavy (non-hydrogen) atoms. The van der Waals surface area contributed by atoms with Gasteiger partial charge in [0, 0.05) is 19.6 Å². The first kappa shape index (κ1) is 25.4. The second-order valence-electron chi connectivity index (χ2n) is 7.27. The SMILES string of the molecule is C=CCOC(=O)C(C)CN(CC(CC)CCCC)CC(C)C(=O)OCC=C. The molecule has 0 aliphatic heterocycles. The van der Waals surface area contributed by atoms with Crippen LogP contribution >= 0.6 is 0 Å². The van der Waals surface area contributed by atoms with E-state index < -0.39 is 0 Å². The minimum atomic E-state index is -0.259. The smallest absolute Gasteiger partial charge is 0.310 e. The first-order valence-electron chi connectivity index (χ1n) is 10.2. The Morgan fingerprint density at radius 1 is 0.926 bits per heavy atom. The summed E-state index contributed by atoms with van der Waals surface area (Å²) in [5, 5.41) is 0. The van der Waals surface area contributed by atoms with Gasteiger partial charge in [-0.15, -0.1) is 0 Å². The van der Waals surface area contributed by atoms with Gasteiger partial charge in [0.2, 0.25) is 0 Å². The zero-order valence-corrected chi connectivity index (χ0v) is 17.7. The van der Waals surface area contributed by atoms with E-state index in [-0.39, 0.29) is 37.0 Å². The molecule has 0 saturated carbocycles. The molecule has 0 spiro atoms. The van der Waals surface area contributed by atoms with Crippen LogP contribution in [0.15, 0.2) is 25.3 Å². The lowest BCUT2D eigenvalue weighted by atomic mass is 9.97. The number of carbonyl (C=O) groups excluding carboxylic acids is 2. The number of nitrogens with zero attached hydrogens (tertiary/aromatic N) is 1. The fourth-order valence-corrected chi connectivity index (χ4v) is 3.00. The van der Waals surface area contributed by atoms with Crippen LogP contribution in [0.25, 0.3) is 0 Å². The largest absolute Gasteiger partial charge is 0.461 e. The fourth-order valence-electron chi connectivity index (χ4n) is 3.00. The van der Waals surface area contributed by atoms with Gasteiger partial charge >= 0.3 is 11.9 Å². The first-order chi connectivity index (χ1) is 12.9. The molecular formula is C22H39NO4. The molecule has 0 saturated heterocycles. The molecule has 0 heterocycles. The van der Waals surface area contributed by atoms with Crippen LogP contribution in [0.3, 0.4) is 0 Å². The van der Waals surface area contributed by atoms with Crippen molar-refractivity contribution in [2.45, 2.75) is 53.4 Å². The third-order valence-corrected chi connectivity index (χ3v) is 4.62. The average molecular weight is 382 g/mol. The van der Waals surface area contributed by atoms with Gasteiger partial charge in [0.25, 0.3) is 0 Å². The zero-order valence-electron chi connectivity index (χ0n) is 17.7. The predicted molar refractivity (Wildman–Crippen MR) is 110 cm³/mol. The Kier molecular flexibility index (Phi) is 14.5. The molecular weight excluding hydrogens is 342 g/mol. The van der Waals surface area contributed by atoms with Gasteiger partial charge in [-0.2, -0.15) is 0 Å². The van der Waals surface area contributed by atoms with Gasteiger partial charge in [-0.3, -0.25) is 9.59 Å². The summed E-state index contributed by atoms with van der Waals surface area (Å²) in [7, 11) is 0. The van der Waals surface area contributed by atoms with E-state index in [0.717, 1.165) is 19.4 Å². The van der Waals surface area contributed by atoms with E-state index in [4.69, 9.17) is 9.47 Å². The van der Waals surface area contributed by atoms with E-state index in [1.807, 2.05) is 13.8 Å². The summed E-state index contributed by atoms with van der Waals surface area (Å²) >= 11 is 0. The summed E-state index contributed by atoms with van der Waals surface area (Å²) < 4.78 is 10.3. The lowest BCUT2D eigenvalue weighted by Crippen LogP contribution is -2.40. The maximum atomic E-state index is 12.1. The molecule has 3 atom stereocenters. The Hall–Kier alpha value is -1.62. The molecule has 0 N–H and O–H groups in total. The molecule has 0 amide bonds. The van der Waals surface area contributed by atoms with Crippen LogP contribution in [0.4, 0.5) is 0 Å². The standard InChI is InChI=1S/C22H39NO4/c1-7-11-12-20(10-4)17-23(15-18(5)21(24)26-13-8-2)16-19(6)22(25)27-14-9-3/h8-9,18-20H,2-3,7,10-17H2,1,4-6H3. The summed E-state index contributed by atoms with van der Waals surface area (Å²) in [5.74, 6) is -0.431. The lowest BCUT2D eigenvalue weighted by Gasteiger charge is -2.30. The highest BCUT2D eigenvalue weighted by Crippen LogP contribution is 2.17. The van der Waals surface area contributed by atoms with Crippen molar-refractivity contribution in [3.8, 4) is 0 Å². The minimum absolute atomic E-state index is 0.224. The van der Waals surface area contributed by atoms with Gasteiger partial charge < -0.3 is 14.4 Å². The van der Waals surface area contributed by atoms with Crippen molar-refractivity contribution in [1.29, 1.82) is 0 Å². The van der Waals surface area contributed by atoms with Crippen molar-refractivity contribution in [2.75, 3.05) is 32.8 Å². The van der Waals surface area contributed by atoms with E-state index in [1.165, 1.54) is 12.8 Å². The molecule has 5 nitrogen and oxygen atoms in total. The Morgan fingerprint density at radius 2 is 1.41 bits per heavy atom. The third-order valence-electron chi connectivity index (χ3n) is 4.62. The first-order valence-corrected chi connectivity index (χ1v) is 10.2. The van der Waals surface area contributed by atoms with Crippen molar-refractivity contribution < 1.29 is 19.1 Å². The van der Waals surface area contributed by atoms with Crippen LogP contribution in [0.1, 0.15) is 53.4 Å². The highest BCUT2D eigenvalue weighted by Gasteiger charge is 2.24. The number of carbonyl (C=O) groups is 2. The topological polar surface area (TPSA) is 55.8 Å². The van der Waals surface area contributed by atoms with Crippen molar-refractivity contribution in [2.24, 2.45) is 17.8 Å². The molecule has 0 rings (SSSR count). The van der Waals surface area contributed by atoms with E-state index in [2.05, 4.69) is 31.9 Å². The quantitative estimate of drug-likeness (QED) is 0.296. The maximum Gasteiger partial charge on any atom is 0.310 e. The fraction of sp³-hybridized carbons (Fsp3) is 0.727. The van der Waals surface area contributed by atoms with Gasteiger partial charge in [-0.25, -0.2) is 0 Å². The monoisotopic (exact) mass is 381 g/mol. The van der Waals surface area contributed by atoms with Gasteiger partial charge in [-0.05, 0) is 12.3 Å². The Bertz CT molecular complexity index is 418. The summed E-state index contributed by atoms with van der Waals surface area (Å²) in [5.41, 5.74) is 0. The lowest BCUT2D eigenvalue weighted by molar-refractivity contribution is -0.148. The second kappa shape index (κ2) is 15.4. The van der Waals surface area contributed by atoms with Crippen LogP contribution in [-0.2, 0) is 19.1 Å². The Balaban J connectivity index is 4.95. The van der Waals surface area contributed by atoms with Gasteiger partial charge in [0.15, 0.2) is 0 Å². The van der Waals surface area contributed by atoms with Crippen molar-refractivity contribution in [3.63, 3.8) is 0 Å². The number of hydrogen-bond acceptors (Lipinski definition) is 5. The van der Waals surface area contributed by atoms with Crippen LogP contribution in [0.2, 0.25) is 0 Å². The molecule has 3 unspecified atom stereocenters. The van der Waals surface area contributed by atoms with E-state index in [0.29, 0.717) is 19.0 Å². The molecule has 5 heteroatoms. The van der Waals surface area contributed by atoms with Gasteiger partial charge in [-0.1, -0.05) is 72.3 Å². The van der Waals surface area contributed by atoms with Gasteiger partial charge in [0.05, 0.1) is 11.8 Å². The van der Waals surface area contributed by atoms with Crippen LogP contribution in [-0.4, -0.2) is 49.7 Å². The summed E-state index contributed by atoms with van der Waals surface area (Å²) in [4.78, 5) is 26.5. The van der Waals surface area contributed by atoms with Crippen LogP contribution < -0.4 is 0 Å². The molecule has 156 valence electrons. The zero-order chi connectivity index (χ0) is 20.7. The molecule has 0 aromatic carbocycles. The van der Waals surface area contributed by atoms with Crippen molar-refractivity contribution >= 4 is 11.9 Å². The normalized spacial score (nSPS) is 14.3. The van der Waals surface area contributed by atoms with E-state index in [9.17, 15) is 9.59 Å². The van der Waals surface area contributed by atoms with Gasteiger partial charge in [0.1, 0.15) is 13.2 Å². The Labute approximate surface area is 165 Å². The maximum absolute atomic E-state index is 12.1. The molecule has 0 aliphatic rings. The summed E-state index contributed by atoms with van der Waals surface area (Å²) in [6, 6.07) is 0. The molecule has 0 aromatic rings. The molecule has 0 aliphatic carbocycles. The number of ether oxygens (including phenoxy) is 2. The molecule has 0 radical (unpaired) electrons. The predicted octanol–water partition coefficient (Wildman–Crippen LogP) is 4.24. The Morgan fingerprint density at radius 3 is 1.78 bits per heavy atom. The van der Waals surface area contributed by atoms with Crippen LogP contribution in [0.5, 0.6) is 0 Å². The number of esters is 2. The number of unbranched alkanes of at least 4 members (excludes halogenated alkanes) is 1. The molecule has 0 aromatic heterocycles. The van der Waals surface area contributed by atoms with Crippen molar-refractivity contribution in [3.05, 3.63) is 25.3 Å². The third kappa shape index (κ3) is 11.6. The van der Waals surface area contributed by atoms with Crippen molar-refractivity contribution in [1.82, 2.24) is 4.90 Å². The highest BCUT2D eigenvalue weighted by molar-refractivity contribution is 5.73. The van der Waals surface area contributed by atoms with E-state index >= 15 is 0 Å². The minimum Gasteiger partial charge on any atom is -0.461 e.